The lowest BCUT2D eigenvalue weighted by Crippen LogP contribution is -2.58. The molecule has 2 rings (SSSR count). The molecule has 120 valence electrons. The second-order valence-electron chi connectivity index (χ2n) is 6.28. The van der Waals surface area contributed by atoms with Crippen molar-refractivity contribution in [3.8, 4) is 0 Å². The molecular weight excluding hydrogens is 300 g/mol. The molecule has 1 aromatic rings. The summed E-state index contributed by atoms with van der Waals surface area (Å²) < 4.78 is 0. The van der Waals surface area contributed by atoms with Gasteiger partial charge < -0.3 is 9.80 Å². The standard InChI is InChI=1S/C17H23ClN2O2/c1-11(2)9-16(21)19-7-8-20(17(22)13(19)4)15-10-14(18)6-5-12(15)3/h5-6,10-11,13H,7-9H2,1-4H3/t13-/m1/s1. The normalized spacial score (nSPS) is 19.0. The van der Waals surface area contributed by atoms with Crippen molar-refractivity contribution in [3.63, 3.8) is 0 Å². The Kier molecular flexibility index (Phi) is 5.12. The van der Waals surface area contributed by atoms with Crippen molar-refractivity contribution < 1.29 is 9.59 Å². The van der Waals surface area contributed by atoms with E-state index < -0.39 is 6.04 Å². The molecule has 5 heteroatoms. The molecule has 1 aliphatic rings. The summed E-state index contributed by atoms with van der Waals surface area (Å²) in [5.74, 6) is 0.301. The van der Waals surface area contributed by atoms with Gasteiger partial charge in [0.25, 0.3) is 0 Å². The lowest BCUT2D eigenvalue weighted by molar-refractivity contribution is -0.141. The van der Waals surface area contributed by atoms with Crippen LogP contribution in [-0.2, 0) is 9.59 Å². The van der Waals surface area contributed by atoms with Crippen molar-refractivity contribution in [2.45, 2.75) is 40.2 Å². The van der Waals surface area contributed by atoms with Crippen molar-refractivity contribution >= 4 is 29.1 Å². The molecule has 4 nitrogen and oxygen atoms in total. The van der Waals surface area contributed by atoms with Crippen LogP contribution in [0.2, 0.25) is 5.02 Å². The molecule has 22 heavy (non-hydrogen) atoms. The van der Waals surface area contributed by atoms with Crippen molar-refractivity contribution in [2.24, 2.45) is 5.92 Å². The van der Waals surface area contributed by atoms with E-state index in [-0.39, 0.29) is 11.8 Å². The molecular formula is C17H23ClN2O2. The van der Waals surface area contributed by atoms with Gasteiger partial charge in [-0.2, -0.15) is 0 Å². The predicted molar refractivity (Wildman–Crippen MR) is 89.2 cm³/mol. The number of hydrogen-bond acceptors (Lipinski definition) is 2. The van der Waals surface area contributed by atoms with Gasteiger partial charge in [-0.3, -0.25) is 9.59 Å². The van der Waals surface area contributed by atoms with Crippen LogP contribution in [0.4, 0.5) is 5.69 Å². The largest absolute Gasteiger partial charge is 0.329 e. The van der Waals surface area contributed by atoms with E-state index in [1.54, 1.807) is 16.7 Å². The lowest BCUT2D eigenvalue weighted by atomic mass is 10.1. The second-order valence-corrected chi connectivity index (χ2v) is 6.72. The molecule has 1 atom stereocenters. The molecule has 0 bridgehead atoms. The second kappa shape index (κ2) is 6.69. The van der Waals surface area contributed by atoms with Crippen molar-refractivity contribution in [3.05, 3.63) is 28.8 Å². The van der Waals surface area contributed by atoms with E-state index in [9.17, 15) is 9.59 Å². The molecule has 0 unspecified atom stereocenters. The van der Waals surface area contributed by atoms with E-state index in [0.29, 0.717) is 30.5 Å². The van der Waals surface area contributed by atoms with E-state index in [2.05, 4.69) is 0 Å². The molecule has 1 aromatic carbocycles. The van der Waals surface area contributed by atoms with Crippen molar-refractivity contribution in [1.82, 2.24) is 4.90 Å². The topological polar surface area (TPSA) is 40.6 Å². The number of halogens is 1. The first-order valence-corrected chi connectivity index (χ1v) is 8.06. The lowest BCUT2D eigenvalue weighted by Gasteiger charge is -2.40. The Balaban J connectivity index is 2.19. The summed E-state index contributed by atoms with van der Waals surface area (Å²) in [5.41, 5.74) is 1.84. The Bertz CT molecular complexity index is 586. The van der Waals surface area contributed by atoms with E-state index in [0.717, 1.165) is 11.3 Å². The van der Waals surface area contributed by atoms with Crippen molar-refractivity contribution in [1.29, 1.82) is 0 Å². The molecule has 1 heterocycles. The fraction of sp³-hybridized carbons (Fsp3) is 0.529. The number of rotatable bonds is 3. The van der Waals surface area contributed by atoms with E-state index >= 15 is 0 Å². The van der Waals surface area contributed by atoms with E-state index in [1.165, 1.54) is 0 Å². The van der Waals surface area contributed by atoms with Crippen LogP contribution < -0.4 is 4.90 Å². The smallest absolute Gasteiger partial charge is 0.249 e. The SMILES string of the molecule is Cc1ccc(Cl)cc1N1CCN(C(=O)CC(C)C)[C@H](C)C1=O. The zero-order valence-electron chi connectivity index (χ0n) is 13.6. The summed E-state index contributed by atoms with van der Waals surface area (Å²) >= 11 is 6.05. The van der Waals surface area contributed by atoms with Gasteiger partial charge in [0.1, 0.15) is 6.04 Å². The molecule has 0 aromatic heterocycles. The number of anilines is 1. The zero-order chi connectivity index (χ0) is 16.4. The number of nitrogens with zero attached hydrogens (tertiary/aromatic N) is 2. The molecule has 0 N–H and O–H groups in total. The fourth-order valence-corrected chi connectivity index (χ4v) is 2.96. The summed E-state index contributed by atoms with van der Waals surface area (Å²) in [6.45, 7) is 8.84. The summed E-state index contributed by atoms with van der Waals surface area (Å²) in [6, 6.07) is 5.11. The van der Waals surface area contributed by atoms with Crippen LogP contribution in [0.15, 0.2) is 18.2 Å². The highest BCUT2D eigenvalue weighted by Gasteiger charge is 2.35. The molecule has 1 fully saturated rings. The average Bonchev–Trinajstić information content (AvgIpc) is 2.44. The van der Waals surface area contributed by atoms with E-state index in [1.807, 2.05) is 39.0 Å². The Morgan fingerprint density at radius 2 is 2.05 bits per heavy atom. The molecule has 1 saturated heterocycles. The first-order chi connectivity index (χ1) is 10.3. The molecule has 0 spiro atoms. The summed E-state index contributed by atoms with van der Waals surface area (Å²) in [4.78, 5) is 28.4. The predicted octanol–water partition coefficient (Wildman–Crippen LogP) is 3.26. The number of benzene rings is 1. The van der Waals surface area contributed by atoms with E-state index in [4.69, 9.17) is 11.6 Å². The third-order valence-corrected chi connectivity index (χ3v) is 4.26. The van der Waals surface area contributed by atoms with Crippen molar-refractivity contribution in [2.75, 3.05) is 18.0 Å². The minimum atomic E-state index is -0.432. The zero-order valence-corrected chi connectivity index (χ0v) is 14.4. The van der Waals surface area contributed by atoms with Crippen LogP contribution in [0, 0.1) is 12.8 Å². The number of aryl methyl sites for hydroxylation is 1. The van der Waals surface area contributed by atoms with Gasteiger partial charge in [0.2, 0.25) is 11.8 Å². The average molecular weight is 323 g/mol. The van der Waals surface area contributed by atoms with Gasteiger partial charge >= 0.3 is 0 Å². The van der Waals surface area contributed by atoms with Gasteiger partial charge in [-0.1, -0.05) is 31.5 Å². The number of hydrogen-bond donors (Lipinski definition) is 0. The van der Waals surface area contributed by atoms with Gasteiger partial charge in [-0.15, -0.1) is 0 Å². The highest BCUT2D eigenvalue weighted by molar-refractivity contribution is 6.31. The minimum Gasteiger partial charge on any atom is -0.329 e. The van der Waals surface area contributed by atoms with Gasteiger partial charge in [0, 0.05) is 30.2 Å². The Labute approximate surface area is 137 Å². The third kappa shape index (κ3) is 3.43. The Hall–Kier alpha value is -1.55. The first-order valence-electron chi connectivity index (χ1n) is 7.68. The molecule has 0 aliphatic carbocycles. The highest BCUT2D eigenvalue weighted by Crippen LogP contribution is 2.27. The van der Waals surface area contributed by atoms with Gasteiger partial charge in [-0.05, 0) is 37.5 Å². The maximum Gasteiger partial charge on any atom is 0.249 e. The maximum absolute atomic E-state index is 12.7. The summed E-state index contributed by atoms with van der Waals surface area (Å²) in [5, 5.41) is 0.611. The number of carbonyl (C=O) groups is 2. The number of piperazine rings is 1. The Morgan fingerprint density at radius 1 is 1.36 bits per heavy atom. The van der Waals surface area contributed by atoms with Crippen LogP contribution in [0.25, 0.3) is 0 Å². The highest BCUT2D eigenvalue weighted by atomic mass is 35.5. The molecule has 1 aliphatic heterocycles. The molecule has 0 radical (unpaired) electrons. The minimum absolute atomic E-state index is 0.0475. The molecule has 0 saturated carbocycles. The summed E-state index contributed by atoms with van der Waals surface area (Å²) in [6.07, 6.45) is 0.480. The fourth-order valence-electron chi connectivity index (χ4n) is 2.79. The Morgan fingerprint density at radius 3 is 2.68 bits per heavy atom. The third-order valence-electron chi connectivity index (χ3n) is 4.02. The molecule has 2 amide bonds. The van der Waals surface area contributed by atoms with Crippen LogP contribution in [-0.4, -0.2) is 35.8 Å². The van der Waals surface area contributed by atoms with Gasteiger partial charge in [-0.25, -0.2) is 0 Å². The quantitative estimate of drug-likeness (QED) is 0.857. The van der Waals surface area contributed by atoms with Crippen LogP contribution in [0.3, 0.4) is 0 Å². The monoisotopic (exact) mass is 322 g/mol. The first kappa shape index (κ1) is 16.8. The van der Waals surface area contributed by atoms with Crippen LogP contribution in [0.1, 0.15) is 32.8 Å². The van der Waals surface area contributed by atoms with Crippen LogP contribution in [0.5, 0.6) is 0 Å². The van der Waals surface area contributed by atoms with Gasteiger partial charge in [0.05, 0.1) is 0 Å². The van der Waals surface area contributed by atoms with Crippen LogP contribution >= 0.6 is 11.6 Å². The number of amides is 2. The number of carbonyl (C=O) groups excluding carboxylic acids is 2. The maximum atomic E-state index is 12.7. The van der Waals surface area contributed by atoms with Gasteiger partial charge in [0.15, 0.2) is 0 Å². The summed E-state index contributed by atoms with van der Waals surface area (Å²) in [7, 11) is 0.